The number of rotatable bonds is 6. The normalized spacial score (nSPS) is 17.5. The van der Waals surface area contributed by atoms with Gasteiger partial charge in [0, 0.05) is 39.4 Å². The number of benzene rings is 3. The van der Waals surface area contributed by atoms with Crippen LogP contribution in [0.3, 0.4) is 0 Å². The smallest absolute Gasteiger partial charge is 0.0919 e. The van der Waals surface area contributed by atoms with E-state index in [2.05, 4.69) is 141 Å². The molecule has 4 aromatic rings. The molecule has 0 radical (unpaired) electrons. The minimum Gasteiger partial charge on any atom is -0.144 e. The van der Waals surface area contributed by atoms with Gasteiger partial charge in [0.05, 0.1) is 16.1 Å². The Labute approximate surface area is 246 Å². The van der Waals surface area contributed by atoms with E-state index in [4.69, 9.17) is 0 Å². The van der Waals surface area contributed by atoms with E-state index < -0.39 is 16.1 Å². The van der Waals surface area contributed by atoms with Gasteiger partial charge in [0.25, 0.3) is 0 Å². The van der Waals surface area contributed by atoms with Crippen LogP contribution in [0.15, 0.2) is 102 Å². The first-order valence-electron chi connectivity index (χ1n) is 13.3. The molecule has 194 valence electrons. The lowest BCUT2D eigenvalue weighted by Crippen LogP contribution is -2.36. The zero-order valence-corrected chi connectivity index (χ0v) is 28.2. The molecule has 1 aliphatic heterocycles. The van der Waals surface area contributed by atoms with Crippen molar-refractivity contribution in [2.45, 2.75) is 65.6 Å². The van der Waals surface area contributed by atoms with Crippen molar-refractivity contribution in [2.24, 2.45) is 0 Å². The Morgan fingerprint density at radius 3 is 2.00 bits per heavy atom. The molecule has 0 bridgehead atoms. The summed E-state index contributed by atoms with van der Waals surface area (Å²) in [5.41, 5.74) is 4.52. The molecular weight excluding hydrogens is 569 g/mol. The molecule has 0 spiro atoms. The van der Waals surface area contributed by atoms with Gasteiger partial charge in [-0.1, -0.05) is 99.2 Å². The van der Waals surface area contributed by atoms with Crippen LogP contribution < -0.4 is 4.50 Å². The van der Waals surface area contributed by atoms with Gasteiger partial charge in [-0.3, -0.25) is 0 Å². The summed E-state index contributed by atoms with van der Waals surface area (Å²) >= 11 is 8.19. The van der Waals surface area contributed by atoms with Crippen LogP contribution in [0.5, 0.6) is 0 Å². The van der Waals surface area contributed by atoms with E-state index >= 15 is 0 Å². The maximum Gasteiger partial charge on any atom is 0.0919 e. The summed E-state index contributed by atoms with van der Waals surface area (Å²) in [5.74, 6) is 0. The van der Waals surface area contributed by atoms with E-state index in [1.54, 1.807) is 19.5 Å². The highest BCUT2D eigenvalue weighted by Gasteiger charge is 2.39. The van der Waals surface area contributed by atoms with Crippen molar-refractivity contribution in [3.05, 3.63) is 98.9 Å². The second kappa shape index (κ2) is 10.2. The van der Waals surface area contributed by atoms with Crippen LogP contribution in [-0.2, 0) is 6.42 Å². The van der Waals surface area contributed by atoms with Crippen molar-refractivity contribution in [2.75, 3.05) is 0 Å². The zero-order valence-electron chi connectivity index (χ0n) is 22.9. The van der Waals surface area contributed by atoms with Crippen LogP contribution in [0.4, 0.5) is 0 Å². The highest BCUT2D eigenvalue weighted by atomic mass is 32.2. The summed E-state index contributed by atoms with van der Waals surface area (Å²) in [6, 6.07) is 27.0. The molecule has 2 aliphatic rings. The fraction of sp³-hybridized carbons (Fsp3) is 0.250. The molecule has 38 heavy (non-hydrogen) atoms. The Kier molecular flexibility index (Phi) is 7.19. The number of thioether (sulfide) groups is 2. The van der Waals surface area contributed by atoms with Crippen molar-refractivity contribution >= 4 is 83.4 Å². The van der Waals surface area contributed by atoms with Gasteiger partial charge >= 0.3 is 0 Å². The summed E-state index contributed by atoms with van der Waals surface area (Å²) in [5, 5.41) is 2.00. The molecule has 0 N–H and O–H groups in total. The van der Waals surface area contributed by atoms with Crippen LogP contribution in [0.1, 0.15) is 11.1 Å². The Morgan fingerprint density at radius 1 is 0.763 bits per heavy atom. The third kappa shape index (κ3) is 5.20. The second-order valence-corrected chi connectivity index (χ2v) is 27.4. The summed E-state index contributed by atoms with van der Waals surface area (Å²) < 4.78 is 4.76. The number of allylic oxidation sites excluding steroid dienone is 1. The van der Waals surface area contributed by atoms with Gasteiger partial charge in [-0.15, -0.1) is 23.1 Å². The third-order valence-electron chi connectivity index (χ3n) is 6.98. The fourth-order valence-electron chi connectivity index (χ4n) is 5.14. The molecule has 1 aromatic heterocycles. The van der Waals surface area contributed by atoms with E-state index in [-0.39, 0.29) is 0 Å². The molecule has 2 heterocycles. The molecule has 3 aromatic carbocycles. The Hall–Kier alpha value is -1.42. The van der Waals surface area contributed by atoms with Gasteiger partial charge in [0.2, 0.25) is 0 Å². The van der Waals surface area contributed by atoms with E-state index in [0.717, 1.165) is 6.42 Å². The molecule has 0 saturated heterocycles. The number of hydrogen-bond acceptors (Lipinski definition) is 4. The lowest BCUT2D eigenvalue weighted by atomic mass is 9.91. The van der Waals surface area contributed by atoms with Gasteiger partial charge in [-0.05, 0) is 70.1 Å². The van der Waals surface area contributed by atoms with Crippen LogP contribution >= 0.6 is 46.6 Å². The minimum absolute atomic E-state index is 0.535. The van der Waals surface area contributed by atoms with E-state index in [0.29, 0.717) is 5.25 Å². The van der Waals surface area contributed by atoms with Crippen LogP contribution in [0.2, 0.25) is 39.3 Å². The lowest BCUT2D eigenvalue weighted by molar-refractivity contribution is 0.980. The molecule has 0 saturated carbocycles. The molecular formula is C32H34S4Si2. The predicted molar refractivity (Wildman–Crippen MR) is 181 cm³/mol. The van der Waals surface area contributed by atoms with Gasteiger partial charge in [0.15, 0.2) is 0 Å². The first kappa shape index (κ1) is 26.8. The second-order valence-electron chi connectivity index (χ2n) is 12.2. The minimum atomic E-state index is -1.49. The summed E-state index contributed by atoms with van der Waals surface area (Å²) in [6.07, 6.45) is 3.68. The largest absolute Gasteiger partial charge is 0.144 e. The van der Waals surface area contributed by atoms with E-state index in [9.17, 15) is 0 Å². The zero-order chi connectivity index (χ0) is 26.7. The topological polar surface area (TPSA) is 0 Å². The molecule has 6 rings (SSSR count). The van der Waals surface area contributed by atoms with Gasteiger partial charge in [-0.2, -0.15) is 0 Å². The van der Waals surface area contributed by atoms with Crippen molar-refractivity contribution in [3.63, 3.8) is 0 Å². The molecule has 0 nitrogen and oxygen atoms in total. The third-order valence-corrected chi connectivity index (χ3v) is 19.6. The Bertz CT molecular complexity index is 1570. The summed E-state index contributed by atoms with van der Waals surface area (Å²) in [7, 11) is -2.95. The standard InChI is InChI=1S/C32H34S4Si2/c1-37(2,3)31-29(33-23-13-9-7-10-14-23)25-17-21-20-28-26(18-22(21)19-27(25)35-31)30(32(36-28)38(4,5)6)34-24-15-11-8-12-16-24/h7-19,28H,20H2,1-6H3. The highest BCUT2D eigenvalue weighted by molar-refractivity contribution is 8.10. The number of thiophene rings is 1. The average Bonchev–Trinajstić information content (AvgIpc) is 3.40. The van der Waals surface area contributed by atoms with E-state index in [1.807, 2.05) is 23.5 Å². The van der Waals surface area contributed by atoms with E-state index in [1.165, 1.54) is 35.9 Å². The molecule has 6 heteroatoms. The molecule has 1 unspecified atom stereocenters. The predicted octanol–water partition coefficient (Wildman–Crippen LogP) is 10.5. The maximum absolute atomic E-state index is 2.56. The van der Waals surface area contributed by atoms with Crippen molar-refractivity contribution in [1.82, 2.24) is 0 Å². The van der Waals surface area contributed by atoms with Crippen molar-refractivity contribution < 1.29 is 0 Å². The molecule has 1 aliphatic carbocycles. The average molecular weight is 603 g/mol. The molecule has 1 atom stereocenters. The van der Waals surface area contributed by atoms with Crippen LogP contribution in [0, 0.1) is 0 Å². The first-order chi connectivity index (χ1) is 18.1. The van der Waals surface area contributed by atoms with Crippen LogP contribution in [-0.4, -0.2) is 21.4 Å². The van der Waals surface area contributed by atoms with Gasteiger partial charge in [0.1, 0.15) is 0 Å². The monoisotopic (exact) mass is 602 g/mol. The van der Waals surface area contributed by atoms with Gasteiger partial charge in [-0.25, -0.2) is 0 Å². The number of fused-ring (bicyclic) bond motifs is 3. The fourth-order valence-corrected chi connectivity index (χ4v) is 16.8. The molecule has 0 amide bonds. The Balaban J connectivity index is 1.46. The van der Waals surface area contributed by atoms with Crippen molar-refractivity contribution in [3.8, 4) is 0 Å². The van der Waals surface area contributed by atoms with Crippen LogP contribution in [0.25, 0.3) is 16.2 Å². The lowest BCUT2D eigenvalue weighted by Gasteiger charge is -2.22. The number of hydrogen-bond donors (Lipinski definition) is 0. The Morgan fingerprint density at radius 2 is 1.39 bits per heavy atom. The quantitative estimate of drug-likeness (QED) is 0.202. The van der Waals surface area contributed by atoms with Crippen molar-refractivity contribution in [1.29, 1.82) is 0 Å². The van der Waals surface area contributed by atoms with Gasteiger partial charge < -0.3 is 0 Å². The highest BCUT2D eigenvalue weighted by Crippen LogP contribution is 2.55. The first-order valence-corrected chi connectivity index (χ1v) is 23.6. The maximum atomic E-state index is 2.56. The molecule has 0 fully saturated rings. The SMILES string of the molecule is C[Si](C)(C)C1=C(Sc2ccccc2)C2=Cc3cc4sc([Si](C)(C)C)c(Sc5ccccc5)c4cc3CC2S1. The summed E-state index contributed by atoms with van der Waals surface area (Å²) in [4.78, 5) is 5.74. The summed E-state index contributed by atoms with van der Waals surface area (Å²) in [6.45, 7) is 15.0.